The van der Waals surface area contributed by atoms with Crippen molar-refractivity contribution in [1.82, 2.24) is 10.3 Å². The Morgan fingerprint density at radius 1 is 1.12 bits per heavy atom. The number of benzene rings is 2. The summed E-state index contributed by atoms with van der Waals surface area (Å²) in [7, 11) is 1.70. The Balaban J connectivity index is 1.57. The summed E-state index contributed by atoms with van der Waals surface area (Å²) < 4.78 is 23.8. The van der Waals surface area contributed by atoms with Crippen LogP contribution in [0.3, 0.4) is 0 Å². The Kier molecular flexibility index (Phi) is 5.93. The number of halogens is 1. The van der Waals surface area contributed by atoms with Gasteiger partial charge in [-0.3, -0.25) is 0 Å². The van der Waals surface area contributed by atoms with Gasteiger partial charge in [-0.2, -0.15) is 0 Å². The number of methoxy groups -OCH3 is 1. The van der Waals surface area contributed by atoms with E-state index in [-0.39, 0.29) is 11.9 Å². The number of hydrogen-bond acceptors (Lipinski definition) is 4. The minimum atomic E-state index is -0.273. The number of nitrogens with one attached hydrogen (secondary N) is 1. The van der Waals surface area contributed by atoms with Crippen LogP contribution in [0.15, 0.2) is 65.3 Å². The van der Waals surface area contributed by atoms with Gasteiger partial charge >= 0.3 is 0 Å². The molecular formula is C20H21FN2O2. The smallest absolute Gasteiger partial charge is 0.226 e. The normalized spacial score (nSPS) is 12.2. The third kappa shape index (κ3) is 4.75. The summed E-state index contributed by atoms with van der Waals surface area (Å²) in [4.78, 5) is 4.47. The molecule has 0 spiro atoms. The number of aromatic nitrogens is 1. The molecule has 1 atom stereocenters. The van der Waals surface area contributed by atoms with E-state index in [0.717, 1.165) is 24.2 Å². The van der Waals surface area contributed by atoms with Crippen LogP contribution in [0, 0.1) is 5.82 Å². The average molecular weight is 340 g/mol. The fourth-order valence-electron chi connectivity index (χ4n) is 2.65. The van der Waals surface area contributed by atoms with Crippen molar-refractivity contribution < 1.29 is 13.5 Å². The van der Waals surface area contributed by atoms with Crippen LogP contribution in [-0.2, 0) is 11.2 Å². The van der Waals surface area contributed by atoms with Crippen molar-refractivity contribution in [1.29, 1.82) is 0 Å². The summed E-state index contributed by atoms with van der Waals surface area (Å²) >= 11 is 0. The molecule has 0 amide bonds. The number of rotatable bonds is 8. The van der Waals surface area contributed by atoms with E-state index in [9.17, 15) is 4.39 Å². The fourth-order valence-corrected chi connectivity index (χ4v) is 2.65. The molecule has 1 N–H and O–H groups in total. The summed E-state index contributed by atoms with van der Waals surface area (Å²) in [5.41, 5.74) is 2.81. The second-order valence-electron chi connectivity index (χ2n) is 5.77. The van der Waals surface area contributed by atoms with Gasteiger partial charge in [0.15, 0.2) is 0 Å². The van der Waals surface area contributed by atoms with Gasteiger partial charge in [-0.1, -0.05) is 30.3 Å². The molecule has 25 heavy (non-hydrogen) atoms. The van der Waals surface area contributed by atoms with Gasteiger partial charge in [0, 0.05) is 25.6 Å². The summed E-state index contributed by atoms with van der Waals surface area (Å²) in [6.07, 6.45) is 2.38. The molecule has 2 aromatic carbocycles. The van der Waals surface area contributed by atoms with Crippen molar-refractivity contribution in [2.24, 2.45) is 0 Å². The minimum absolute atomic E-state index is 0.134. The molecule has 5 heteroatoms. The number of nitrogens with zero attached hydrogens (tertiary/aromatic N) is 1. The van der Waals surface area contributed by atoms with Gasteiger partial charge in [0.1, 0.15) is 12.1 Å². The summed E-state index contributed by atoms with van der Waals surface area (Å²) in [6, 6.07) is 16.5. The number of hydrogen-bond donors (Lipinski definition) is 1. The Morgan fingerprint density at radius 3 is 2.60 bits per heavy atom. The second kappa shape index (κ2) is 8.55. The number of ether oxygens (including phenoxy) is 1. The monoisotopic (exact) mass is 340 g/mol. The van der Waals surface area contributed by atoms with Crippen molar-refractivity contribution in [3.05, 3.63) is 77.9 Å². The molecule has 0 aliphatic rings. The summed E-state index contributed by atoms with van der Waals surface area (Å²) in [5.74, 6) is 0.233. The zero-order chi connectivity index (χ0) is 17.5. The first kappa shape index (κ1) is 17.3. The maximum Gasteiger partial charge on any atom is 0.226 e. The standard InChI is InChI=1S/C20H21FN2O2/c1-24-14-19(15-5-3-2-4-6-15)22-12-11-18-13-25-20(23-18)16-7-9-17(21)10-8-16/h2-10,13,19,22H,11-12,14H2,1H3/t19-/m1/s1. The topological polar surface area (TPSA) is 47.3 Å². The van der Waals surface area contributed by atoms with E-state index in [1.165, 1.54) is 17.7 Å². The Morgan fingerprint density at radius 2 is 1.88 bits per heavy atom. The first-order chi connectivity index (χ1) is 12.3. The van der Waals surface area contributed by atoms with Crippen molar-refractivity contribution in [2.45, 2.75) is 12.5 Å². The van der Waals surface area contributed by atoms with Gasteiger partial charge in [0.25, 0.3) is 0 Å². The lowest BCUT2D eigenvalue weighted by atomic mass is 10.1. The molecule has 1 heterocycles. The van der Waals surface area contributed by atoms with Crippen molar-refractivity contribution in [3.63, 3.8) is 0 Å². The van der Waals surface area contributed by atoms with Crippen LogP contribution in [0.25, 0.3) is 11.5 Å². The van der Waals surface area contributed by atoms with Crippen molar-refractivity contribution in [3.8, 4) is 11.5 Å². The van der Waals surface area contributed by atoms with Crippen LogP contribution in [-0.4, -0.2) is 25.2 Å². The lowest BCUT2D eigenvalue weighted by Gasteiger charge is -2.18. The van der Waals surface area contributed by atoms with E-state index in [4.69, 9.17) is 9.15 Å². The van der Waals surface area contributed by atoms with E-state index in [0.29, 0.717) is 12.5 Å². The first-order valence-corrected chi connectivity index (χ1v) is 8.24. The van der Waals surface area contributed by atoms with Gasteiger partial charge in [-0.05, 0) is 29.8 Å². The van der Waals surface area contributed by atoms with Crippen LogP contribution in [0.1, 0.15) is 17.3 Å². The molecule has 3 aromatic rings. The van der Waals surface area contributed by atoms with Crippen LogP contribution < -0.4 is 5.32 Å². The minimum Gasteiger partial charge on any atom is -0.444 e. The summed E-state index contributed by atoms with van der Waals surface area (Å²) in [5, 5.41) is 3.49. The average Bonchev–Trinajstić information content (AvgIpc) is 3.11. The predicted molar refractivity (Wildman–Crippen MR) is 94.7 cm³/mol. The third-order valence-electron chi connectivity index (χ3n) is 3.95. The molecule has 3 rings (SSSR count). The van der Waals surface area contributed by atoms with Gasteiger partial charge in [-0.25, -0.2) is 9.37 Å². The molecule has 0 saturated heterocycles. The quantitative estimate of drug-likeness (QED) is 0.673. The Labute approximate surface area is 146 Å². The zero-order valence-corrected chi connectivity index (χ0v) is 14.1. The molecule has 4 nitrogen and oxygen atoms in total. The molecular weight excluding hydrogens is 319 g/mol. The van der Waals surface area contributed by atoms with Crippen molar-refractivity contribution in [2.75, 3.05) is 20.3 Å². The molecule has 0 fully saturated rings. The summed E-state index contributed by atoms with van der Waals surface area (Å²) in [6.45, 7) is 1.35. The second-order valence-corrected chi connectivity index (χ2v) is 5.77. The maximum absolute atomic E-state index is 13.0. The number of oxazole rings is 1. The fraction of sp³-hybridized carbons (Fsp3) is 0.250. The van der Waals surface area contributed by atoms with E-state index < -0.39 is 0 Å². The molecule has 0 bridgehead atoms. The van der Waals surface area contributed by atoms with E-state index in [2.05, 4.69) is 22.4 Å². The zero-order valence-electron chi connectivity index (χ0n) is 14.1. The van der Waals surface area contributed by atoms with E-state index in [1.807, 2.05) is 18.2 Å². The molecule has 130 valence electrons. The van der Waals surface area contributed by atoms with Gasteiger partial charge in [-0.15, -0.1) is 0 Å². The van der Waals surface area contributed by atoms with Gasteiger partial charge < -0.3 is 14.5 Å². The predicted octanol–water partition coefficient (Wildman–Crippen LogP) is 4.00. The molecule has 0 saturated carbocycles. The molecule has 0 radical (unpaired) electrons. The van der Waals surface area contributed by atoms with Crippen LogP contribution in [0.4, 0.5) is 4.39 Å². The van der Waals surface area contributed by atoms with E-state index in [1.54, 1.807) is 25.5 Å². The Bertz CT molecular complexity index is 772. The highest BCUT2D eigenvalue weighted by molar-refractivity contribution is 5.52. The highest BCUT2D eigenvalue weighted by Gasteiger charge is 2.11. The lowest BCUT2D eigenvalue weighted by molar-refractivity contribution is 0.167. The molecule has 0 aliphatic carbocycles. The Hall–Kier alpha value is -2.50. The van der Waals surface area contributed by atoms with Crippen molar-refractivity contribution >= 4 is 0 Å². The molecule has 0 aliphatic heterocycles. The van der Waals surface area contributed by atoms with Gasteiger partial charge in [0.05, 0.1) is 18.3 Å². The highest BCUT2D eigenvalue weighted by atomic mass is 19.1. The highest BCUT2D eigenvalue weighted by Crippen LogP contribution is 2.19. The lowest BCUT2D eigenvalue weighted by Crippen LogP contribution is -2.27. The molecule has 0 unspecified atom stereocenters. The third-order valence-corrected chi connectivity index (χ3v) is 3.95. The van der Waals surface area contributed by atoms with Gasteiger partial charge in [0.2, 0.25) is 5.89 Å². The van der Waals surface area contributed by atoms with E-state index >= 15 is 0 Å². The first-order valence-electron chi connectivity index (χ1n) is 8.24. The largest absolute Gasteiger partial charge is 0.444 e. The van der Waals surface area contributed by atoms with Crippen LogP contribution >= 0.6 is 0 Å². The van der Waals surface area contributed by atoms with Crippen LogP contribution in [0.2, 0.25) is 0 Å². The SMILES string of the molecule is COC[C@@H](NCCc1coc(-c2ccc(F)cc2)n1)c1ccccc1. The van der Waals surface area contributed by atoms with Crippen LogP contribution in [0.5, 0.6) is 0 Å². The molecule has 1 aromatic heterocycles. The maximum atomic E-state index is 13.0.